The van der Waals surface area contributed by atoms with Crippen molar-refractivity contribution in [3.63, 3.8) is 0 Å². The molecule has 76 valence electrons. The van der Waals surface area contributed by atoms with Crippen LogP contribution in [0.25, 0.3) is 0 Å². The number of alkyl halides is 1. The van der Waals surface area contributed by atoms with Crippen LogP contribution in [0.5, 0.6) is 0 Å². The van der Waals surface area contributed by atoms with E-state index in [1.54, 1.807) is 0 Å². The molecule has 0 bridgehead atoms. The van der Waals surface area contributed by atoms with Crippen LogP contribution in [0.1, 0.15) is 13.8 Å². The Morgan fingerprint density at radius 2 is 2.25 bits per heavy atom. The van der Waals surface area contributed by atoms with Gasteiger partial charge in [0, 0.05) is 0 Å². The van der Waals surface area contributed by atoms with Gasteiger partial charge in [0.1, 0.15) is 0 Å². The second-order valence-electron chi connectivity index (χ2n) is 3.25. The molecule has 0 fully saturated rings. The Morgan fingerprint density at radius 3 is 2.67 bits per heavy atom. The number of quaternary nitrogens is 1. The van der Waals surface area contributed by atoms with E-state index in [0.29, 0.717) is 10.6 Å². The first-order valence-electron chi connectivity index (χ1n) is 3.71. The standard InChI is InChI=1S/C6H17I2N3O/c1-6(2)4-12-8-5-11(3,9)10-7/h6,10H,4-5,9H2,1-3H3. The van der Waals surface area contributed by atoms with E-state index in [9.17, 15) is 0 Å². The first-order chi connectivity index (χ1) is 5.48. The van der Waals surface area contributed by atoms with E-state index in [1.807, 2.05) is 7.05 Å². The molecule has 0 heterocycles. The SMILES string of the molecule is CC(C)CO[I-]C[N+](C)(N)NI. The average Bonchev–Trinajstić information content (AvgIpc) is 1.98. The fourth-order valence-corrected chi connectivity index (χ4v) is 3.07. The van der Waals surface area contributed by atoms with Crippen LogP contribution in [0.4, 0.5) is 0 Å². The molecule has 1 atom stereocenters. The summed E-state index contributed by atoms with van der Waals surface area (Å²) in [6.45, 7) is 5.15. The number of rotatable bonds is 6. The molecule has 0 radical (unpaired) electrons. The molecule has 0 saturated heterocycles. The van der Waals surface area contributed by atoms with Crippen molar-refractivity contribution in [3.05, 3.63) is 0 Å². The van der Waals surface area contributed by atoms with Crippen molar-refractivity contribution in [3.8, 4) is 0 Å². The van der Waals surface area contributed by atoms with Gasteiger partial charge in [-0.1, -0.05) is 0 Å². The van der Waals surface area contributed by atoms with E-state index in [4.69, 9.17) is 8.91 Å². The molecular formula is C6H17I2N3O. The quantitative estimate of drug-likeness (QED) is 0.0777. The molecular weight excluding hydrogens is 384 g/mol. The maximum atomic E-state index is 5.80. The number of nitrogens with zero attached hydrogens (tertiary/aromatic N) is 1. The van der Waals surface area contributed by atoms with Crippen LogP contribution in [0, 0.1) is 5.92 Å². The van der Waals surface area contributed by atoms with Crippen molar-refractivity contribution in [1.29, 1.82) is 0 Å². The molecule has 0 aromatic carbocycles. The normalized spacial score (nSPS) is 16.8. The van der Waals surface area contributed by atoms with E-state index in [2.05, 4.69) is 40.4 Å². The predicted octanol–water partition coefficient (Wildman–Crippen LogP) is -2.20. The zero-order valence-electron chi connectivity index (χ0n) is 7.68. The zero-order valence-corrected chi connectivity index (χ0v) is 12.0. The van der Waals surface area contributed by atoms with Gasteiger partial charge in [-0.3, -0.25) is 0 Å². The Balaban J connectivity index is 3.31. The van der Waals surface area contributed by atoms with Gasteiger partial charge in [-0.15, -0.1) is 0 Å². The van der Waals surface area contributed by atoms with Crippen molar-refractivity contribution in [2.45, 2.75) is 13.8 Å². The molecule has 12 heavy (non-hydrogen) atoms. The van der Waals surface area contributed by atoms with E-state index in [1.165, 1.54) is 0 Å². The first-order valence-corrected chi connectivity index (χ1v) is 7.19. The fraction of sp³-hybridized carbons (Fsp3) is 1.00. The van der Waals surface area contributed by atoms with Gasteiger partial charge < -0.3 is 0 Å². The Kier molecular flexibility index (Phi) is 7.44. The van der Waals surface area contributed by atoms with Gasteiger partial charge in [-0.2, -0.15) is 0 Å². The van der Waals surface area contributed by atoms with Crippen molar-refractivity contribution < 1.29 is 29.4 Å². The van der Waals surface area contributed by atoms with Crippen LogP contribution in [0.3, 0.4) is 0 Å². The second-order valence-corrected chi connectivity index (χ2v) is 5.66. The van der Waals surface area contributed by atoms with E-state index >= 15 is 0 Å². The Hall–Kier alpha value is 1.30. The second kappa shape index (κ2) is 6.71. The molecule has 0 spiro atoms. The molecule has 0 saturated carbocycles. The van der Waals surface area contributed by atoms with Crippen molar-refractivity contribution in [2.24, 2.45) is 11.8 Å². The minimum atomic E-state index is -0.225. The maximum absolute atomic E-state index is 5.80. The Labute approximate surface area is 99.0 Å². The third-order valence-corrected chi connectivity index (χ3v) is 4.56. The number of halogens is 2. The monoisotopic (exact) mass is 401 g/mol. The van der Waals surface area contributed by atoms with Crippen molar-refractivity contribution >= 4 is 22.9 Å². The van der Waals surface area contributed by atoms with Gasteiger partial charge >= 0.3 is 99.7 Å². The molecule has 0 amide bonds. The summed E-state index contributed by atoms with van der Waals surface area (Å²) in [6, 6.07) is 0. The van der Waals surface area contributed by atoms with E-state index in [0.717, 1.165) is 11.2 Å². The molecule has 0 aliphatic carbocycles. The molecule has 0 aliphatic rings. The molecule has 3 N–H and O–H groups in total. The summed E-state index contributed by atoms with van der Waals surface area (Å²) in [6.07, 6.45) is 0. The van der Waals surface area contributed by atoms with Crippen LogP contribution in [-0.2, 0) is 3.07 Å². The summed E-state index contributed by atoms with van der Waals surface area (Å²) < 4.78 is 9.69. The van der Waals surface area contributed by atoms with Crippen LogP contribution in [0.15, 0.2) is 0 Å². The average molecular weight is 401 g/mol. The minimum absolute atomic E-state index is 0.225. The molecule has 0 aromatic rings. The van der Waals surface area contributed by atoms with Gasteiger partial charge in [0.2, 0.25) is 0 Å². The molecule has 6 heteroatoms. The van der Waals surface area contributed by atoms with Crippen LogP contribution < -0.4 is 31.1 Å². The van der Waals surface area contributed by atoms with Gasteiger partial charge in [0.05, 0.1) is 0 Å². The Morgan fingerprint density at radius 1 is 1.67 bits per heavy atom. The third kappa shape index (κ3) is 7.92. The van der Waals surface area contributed by atoms with Gasteiger partial charge in [0.25, 0.3) is 0 Å². The van der Waals surface area contributed by atoms with Crippen LogP contribution in [0.2, 0.25) is 0 Å². The van der Waals surface area contributed by atoms with Crippen LogP contribution >= 0.6 is 22.9 Å². The molecule has 4 nitrogen and oxygen atoms in total. The predicted molar refractivity (Wildman–Crippen MR) is 53.2 cm³/mol. The van der Waals surface area contributed by atoms with Crippen molar-refractivity contribution in [1.82, 2.24) is 3.64 Å². The number of nitrogens with one attached hydrogen (secondary N) is 1. The summed E-state index contributed by atoms with van der Waals surface area (Å²) in [5.41, 5.74) is 0. The number of nitrogens with two attached hydrogens (primary N) is 1. The molecule has 0 rings (SSSR count). The number of hydrogen-bond acceptors (Lipinski definition) is 3. The summed E-state index contributed by atoms with van der Waals surface area (Å²) >= 11 is 1.83. The summed E-state index contributed by atoms with van der Waals surface area (Å²) in [4.78, 5) is 0. The van der Waals surface area contributed by atoms with E-state index in [-0.39, 0.29) is 21.6 Å². The third-order valence-electron chi connectivity index (χ3n) is 0.964. The van der Waals surface area contributed by atoms with Gasteiger partial charge in [-0.05, 0) is 0 Å². The molecule has 1 unspecified atom stereocenters. The topological polar surface area (TPSA) is 47.3 Å². The number of hydrogen-bond donors (Lipinski definition) is 2. The zero-order chi connectivity index (χ0) is 9.61. The molecule has 0 aromatic heterocycles. The van der Waals surface area contributed by atoms with Gasteiger partial charge in [0.15, 0.2) is 0 Å². The first kappa shape index (κ1) is 13.3. The fourth-order valence-electron chi connectivity index (χ4n) is 0.329. The summed E-state index contributed by atoms with van der Waals surface area (Å²) in [5.74, 6) is 6.42. The summed E-state index contributed by atoms with van der Waals surface area (Å²) in [5, 5.41) is 0. The van der Waals surface area contributed by atoms with Crippen molar-refractivity contribution in [2.75, 3.05) is 18.2 Å². The summed E-state index contributed by atoms with van der Waals surface area (Å²) in [7, 11) is 1.92. The van der Waals surface area contributed by atoms with Crippen LogP contribution in [-0.4, -0.2) is 22.9 Å². The van der Waals surface area contributed by atoms with E-state index < -0.39 is 0 Å². The Bertz CT molecular complexity index is 121. The van der Waals surface area contributed by atoms with Gasteiger partial charge in [-0.25, -0.2) is 0 Å². The molecule has 0 aliphatic heterocycles.